The fourth-order valence-electron chi connectivity index (χ4n) is 2.27. The van der Waals surface area contributed by atoms with E-state index in [2.05, 4.69) is 36.3 Å². The van der Waals surface area contributed by atoms with Gasteiger partial charge in [0.05, 0.1) is 0 Å². The van der Waals surface area contributed by atoms with Gasteiger partial charge in [-0.2, -0.15) is 0 Å². The summed E-state index contributed by atoms with van der Waals surface area (Å²) in [6.07, 6.45) is 0.626. The average Bonchev–Trinajstić information content (AvgIpc) is 2.82. The van der Waals surface area contributed by atoms with Crippen LogP contribution in [0.4, 0.5) is 0 Å². The molecule has 1 fully saturated rings. The Morgan fingerprint density at radius 1 is 1.42 bits per heavy atom. The molecule has 1 aliphatic heterocycles. The molecule has 2 rings (SSSR count). The zero-order valence-electron chi connectivity index (χ0n) is 11.8. The number of hydrogen-bond donors (Lipinski definition) is 1. The number of amides is 1. The van der Waals surface area contributed by atoms with Gasteiger partial charge in [-0.3, -0.25) is 4.79 Å². The number of carbonyl (C=O) groups excluding carboxylic acids is 1. The number of aryl methyl sites for hydroxylation is 1. The van der Waals surface area contributed by atoms with E-state index >= 15 is 0 Å². The number of nitrogens with one attached hydrogen (secondary N) is 1. The maximum absolute atomic E-state index is 12.0. The second-order valence-electron chi connectivity index (χ2n) is 5.13. The van der Waals surface area contributed by atoms with Crippen LogP contribution in [0.2, 0.25) is 0 Å². The molecule has 1 saturated heterocycles. The van der Waals surface area contributed by atoms with Gasteiger partial charge >= 0.3 is 0 Å². The Kier molecular flexibility index (Phi) is 5.36. The van der Waals surface area contributed by atoms with E-state index in [1.807, 2.05) is 16.2 Å². The Morgan fingerprint density at radius 3 is 2.79 bits per heavy atom. The lowest BCUT2D eigenvalue weighted by Gasteiger charge is -2.28. The van der Waals surface area contributed by atoms with Gasteiger partial charge in [0, 0.05) is 55.4 Å². The van der Waals surface area contributed by atoms with Crippen LogP contribution in [-0.4, -0.2) is 55.5 Å². The second-order valence-corrected chi connectivity index (χ2v) is 6.50. The molecule has 0 aromatic carbocycles. The topological polar surface area (TPSA) is 35.6 Å². The van der Waals surface area contributed by atoms with Gasteiger partial charge in [-0.25, -0.2) is 0 Å². The van der Waals surface area contributed by atoms with Crippen molar-refractivity contribution < 1.29 is 4.79 Å². The van der Waals surface area contributed by atoms with Crippen LogP contribution in [0.15, 0.2) is 12.1 Å². The van der Waals surface area contributed by atoms with Gasteiger partial charge in [-0.15, -0.1) is 11.3 Å². The van der Waals surface area contributed by atoms with Gasteiger partial charge in [0.25, 0.3) is 0 Å². The highest BCUT2D eigenvalue weighted by Gasteiger charge is 2.16. The molecule has 0 spiro atoms. The highest BCUT2D eigenvalue weighted by Crippen LogP contribution is 2.16. The molecule has 0 aliphatic carbocycles. The van der Waals surface area contributed by atoms with Crippen LogP contribution in [0.5, 0.6) is 0 Å². The lowest BCUT2D eigenvalue weighted by molar-refractivity contribution is -0.132. The molecule has 0 radical (unpaired) electrons. The summed E-state index contributed by atoms with van der Waals surface area (Å²) >= 11 is 1.83. The van der Waals surface area contributed by atoms with Crippen molar-refractivity contribution in [1.29, 1.82) is 0 Å². The third kappa shape index (κ3) is 4.60. The Morgan fingerprint density at radius 2 is 2.16 bits per heavy atom. The first-order chi connectivity index (χ1) is 9.15. The van der Waals surface area contributed by atoms with Crippen LogP contribution in [0.25, 0.3) is 0 Å². The van der Waals surface area contributed by atoms with Gasteiger partial charge in [-0.05, 0) is 26.1 Å². The third-order valence-corrected chi connectivity index (χ3v) is 4.38. The summed E-state index contributed by atoms with van der Waals surface area (Å²) in [5.41, 5.74) is 0. The molecule has 106 valence electrons. The summed E-state index contributed by atoms with van der Waals surface area (Å²) in [6.45, 7) is 7.46. The first kappa shape index (κ1) is 14.5. The number of nitrogens with zero attached hydrogens (tertiary/aromatic N) is 2. The molecule has 1 N–H and O–H groups in total. The summed E-state index contributed by atoms with van der Waals surface area (Å²) in [5, 5.41) is 3.27. The fourth-order valence-corrected chi connectivity index (χ4v) is 3.24. The van der Waals surface area contributed by atoms with Crippen molar-refractivity contribution in [3.63, 3.8) is 0 Å². The summed E-state index contributed by atoms with van der Waals surface area (Å²) in [7, 11) is 2.08. The minimum absolute atomic E-state index is 0.288. The zero-order valence-corrected chi connectivity index (χ0v) is 12.6. The predicted octanol–water partition coefficient (Wildman–Crippen LogP) is 1.31. The number of rotatable bonds is 5. The van der Waals surface area contributed by atoms with Crippen LogP contribution >= 0.6 is 11.3 Å². The summed E-state index contributed by atoms with van der Waals surface area (Å²) in [4.78, 5) is 19.0. The molecule has 0 bridgehead atoms. The molecule has 0 saturated carbocycles. The van der Waals surface area contributed by atoms with Crippen LogP contribution in [0.3, 0.4) is 0 Å². The monoisotopic (exact) mass is 281 g/mol. The first-order valence-corrected chi connectivity index (χ1v) is 7.69. The first-order valence-electron chi connectivity index (χ1n) is 6.87. The lowest BCUT2D eigenvalue weighted by Crippen LogP contribution is -2.46. The molecular formula is C14H23N3OS. The maximum Gasteiger partial charge on any atom is 0.223 e. The zero-order chi connectivity index (χ0) is 13.7. The summed E-state index contributed by atoms with van der Waals surface area (Å²) in [5.74, 6) is 0.288. The van der Waals surface area contributed by atoms with Crippen molar-refractivity contribution in [2.75, 3.05) is 39.8 Å². The van der Waals surface area contributed by atoms with Crippen molar-refractivity contribution in [3.8, 4) is 0 Å². The van der Waals surface area contributed by atoms with Crippen molar-refractivity contribution in [2.24, 2.45) is 0 Å². The highest BCUT2D eigenvalue weighted by atomic mass is 32.1. The second kappa shape index (κ2) is 7.03. The van der Waals surface area contributed by atoms with E-state index in [-0.39, 0.29) is 5.91 Å². The van der Waals surface area contributed by atoms with Gasteiger partial charge in [0.15, 0.2) is 0 Å². The molecule has 19 heavy (non-hydrogen) atoms. The van der Waals surface area contributed by atoms with Crippen LogP contribution in [0, 0.1) is 6.92 Å². The standard InChI is InChI=1S/C14H23N3OS/c1-12-3-4-13(19-12)11-16(2)8-5-14(18)17-9-6-15-7-10-17/h3-4,15H,5-11H2,1-2H3. The Balaban J connectivity index is 1.70. The van der Waals surface area contributed by atoms with Crippen molar-refractivity contribution in [1.82, 2.24) is 15.1 Å². The Bertz CT molecular complexity index is 413. The van der Waals surface area contributed by atoms with Gasteiger partial charge in [0.1, 0.15) is 0 Å². The highest BCUT2D eigenvalue weighted by molar-refractivity contribution is 7.11. The van der Waals surface area contributed by atoms with E-state index in [0.717, 1.165) is 39.3 Å². The van der Waals surface area contributed by atoms with E-state index in [9.17, 15) is 4.79 Å². The molecule has 1 aromatic heterocycles. The normalized spacial score (nSPS) is 16.1. The van der Waals surface area contributed by atoms with Crippen LogP contribution in [-0.2, 0) is 11.3 Å². The van der Waals surface area contributed by atoms with Gasteiger partial charge in [0.2, 0.25) is 5.91 Å². The minimum Gasteiger partial charge on any atom is -0.340 e. The van der Waals surface area contributed by atoms with Crippen molar-refractivity contribution >= 4 is 17.2 Å². The molecule has 1 aliphatic rings. The number of carbonyl (C=O) groups is 1. The number of piperazine rings is 1. The molecule has 0 unspecified atom stereocenters. The third-order valence-electron chi connectivity index (χ3n) is 3.40. The number of hydrogen-bond acceptors (Lipinski definition) is 4. The van der Waals surface area contributed by atoms with E-state index < -0.39 is 0 Å². The SMILES string of the molecule is Cc1ccc(CN(C)CCC(=O)N2CCNCC2)s1. The lowest BCUT2D eigenvalue weighted by atomic mass is 10.3. The van der Waals surface area contributed by atoms with Crippen molar-refractivity contribution in [3.05, 3.63) is 21.9 Å². The largest absolute Gasteiger partial charge is 0.340 e. The Hall–Kier alpha value is -0.910. The van der Waals surface area contributed by atoms with Gasteiger partial charge in [-0.1, -0.05) is 0 Å². The van der Waals surface area contributed by atoms with Crippen LogP contribution < -0.4 is 5.32 Å². The fraction of sp³-hybridized carbons (Fsp3) is 0.643. The van der Waals surface area contributed by atoms with E-state index in [4.69, 9.17) is 0 Å². The van der Waals surface area contributed by atoms with E-state index in [0.29, 0.717) is 6.42 Å². The van der Waals surface area contributed by atoms with Crippen LogP contribution in [0.1, 0.15) is 16.2 Å². The Labute approximate surface area is 119 Å². The molecule has 2 heterocycles. The maximum atomic E-state index is 12.0. The van der Waals surface area contributed by atoms with Crippen molar-refractivity contribution in [2.45, 2.75) is 19.9 Å². The predicted molar refractivity (Wildman–Crippen MR) is 79.5 cm³/mol. The van der Waals surface area contributed by atoms with E-state index in [1.54, 1.807) is 0 Å². The molecular weight excluding hydrogens is 258 g/mol. The number of thiophene rings is 1. The molecule has 1 aromatic rings. The summed E-state index contributed by atoms with van der Waals surface area (Å²) in [6, 6.07) is 4.33. The average molecular weight is 281 g/mol. The summed E-state index contributed by atoms with van der Waals surface area (Å²) < 4.78 is 0. The quantitative estimate of drug-likeness (QED) is 0.884. The van der Waals surface area contributed by atoms with E-state index in [1.165, 1.54) is 9.75 Å². The minimum atomic E-state index is 0.288. The molecule has 4 nitrogen and oxygen atoms in total. The molecule has 5 heteroatoms. The molecule has 0 atom stereocenters. The molecule has 1 amide bonds. The van der Waals surface area contributed by atoms with Gasteiger partial charge < -0.3 is 15.1 Å². The smallest absolute Gasteiger partial charge is 0.223 e.